The summed E-state index contributed by atoms with van der Waals surface area (Å²) in [4.78, 5) is 11.6. The Bertz CT molecular complexity index is 369. The van der Waals surface area contributed by atoms with Crippen molar-refractivity contribution in [3.05, 3.63) is 11.9 Å². The molecule has 0 radical (unpaired) electrons. The molecular formula is C11H20N4O4. The summed E-state index contributed by atoms with van der Waals surface area (Å²) in [5.41, 5.74) is 5.56. The highest BCUT2D eigenvalue weighted by molar-refractivity contribution is 5.86. The lowest BCUT2D eigenvalue weighted by Gasteiger charge is -2.04. The second-order valence-corrected chi connectivity index (χ2v) is 3.75. The molecule has 2 N–H and O–H groups in total. The van der Waals surface area contributed by atoms with E-state index in [-0.39, 0.29) is 12.3 Å². The van der Waals surface area contributed by atoms with E-state index in [1.165, 1.54) is 10.9 Å². The van der Waals surface area contributed by atoms with Crippen LogP contribution < -0.4 is 5.73 Å². The number of esters is 1. The van der Waals surface area contributed by atoms with Crippen LogP contribution in [-0.2, 0) is 20.8 Å². The van der Waals surface area contributed by atoms with Crippen molar-refractivity contribution < 1.29 is 19.0 Å². The van der Waals surface area contributed by atoms with E-state index in [0.29, 0.717) is 39.3 Å². The summed E-state index contributed by atoms with van der Waals surface area (Å²) in [5.74, 6) is -0.486. The number of carbonyl (C=O) groups excluding carboxylic acids is 1. The van der Waals surface area contributed by atoms with Gasteiger partial charge in [-0.25, -0.2) is 4.79 Å². The van der Waals surface area contributed by atoms with Crippen LogP contribution in [0.1, 0.15) is 16.9 Å². The van der Waals surface area contributed by atoms with E-state index in [4.69, 9.17) is 19.9 Å². The standard InChI is InChI=1S/C11H20N4O4/c1-17-7-8-18-5-2-6-19-11(16)10-9-15(4-3-12)14-13-10/h9H,2-8,12H2,1H3. The van der Waals surface area contributed by atoms with Gasteiger partial charge in [0.05, 0.1) is 32.6 Å². The molecule has 0 saturated heterocycles. The Morgan fingerprint density at radius 2 is 2.21 bits per heavy atom. The van der Waals surface area contributed by atoms with Crippen molar-refractivity contribution in [2.45, 2.75) is 13.0 Å². The highest BCUT2D eigenvalue weighted by Crippen LogP contribution is 1.97. The summed E-state index contributed by atoms with van der Waals surface area (Å²) in [6, 6.07) is 0. The van der Waals surface area contributed by atoms with E-state index < -0.39 is 5.97 Å². The normalized spacial score (nSPS) is 10.6. The molecule has 1 heterocycles. The second-order valence-electron chi connectivity index (χ2n) is 3.75. The Morgan fingerprint density at radius 3 is 2.95 bits per heavy atom. The average Bonchev–Trinajstić information content (AvgIpc) is 2.87. The van der Waals surface area contributed by atoms with Crippen molar-refractivity contribution in [3.8, 4) is 0 Å². The Kier molecular flexibility index (Phi) is 7.71. The minimum absolute atomic E-state index is 0.189. The number of nitrogens with two attached hydrogens (primary N) is 1. The van der Waals surface area contributed by atoms with Crippen molar-refractivity contribution >= 4 is 5.97 Å². The Morgan fingerprint density at radius 1 is 1.37 bits per heavy atom. The van der Waals surface area contributed by atoms with Crippen LogP contribution in [0.4, 0.5) is 0 Å². The topological polar surface area (TPSA) is 101 Å². The first-order valence-electron chi connectivity index (χ1n) is 6.12. The zero-order valence-electron chi connectivity index (χ0n) is 11.1. The monoisotopic (exact) mass is 272 g/mol. The maximum Gasteiger partial charge on any atom is 0.360 e. The van der Waals surface area contributed by atoms with Crippen LogP contribution in [0.2, 0.25) is 0 Å². The van der Waals surface area contributed by atoms with Gasteiger partial charge >= 0.3 is 5.97 Å². The minimum Gasteiger partial charge on any atom is -0.461 e. The van der Waals surface area contributed by atoms with Crippen LogP contribution >= 0.6 is 0 Å². The molecule has 19 heavy (non-hydrogen) atoms. The van der Waals surface area contributed by atoms with Crippen molar-refractivity contribution in [2.24, 2.45) is 5.73 Å². The van der Waals surface area contributed by atoms with Crippen LogP contribution in [0.15, 0.2) is 6.20 Å². The molecule has 0 aliphatic carbocycles. The summed E-state index contributed by atoms with van der Waals surface area (Å²) < 4.78 is 16.6. The molecule has 0 unspecified atom stereocenters. The summed E-state index contributed by atoms with van der Waals surface area (Å²) in [5, 5.41) is 7.46. The summed E-state index contributed by atoms with van der Waals surface area (Å²) in [7, 11) is 1.61. The quantitative estimate of drug-likeness (QED) is 0.450. The molecule has 8 nitrogen and oxygen atoms in total. The van der Waals surface area contributed by atoms with Crippen LogP contribution in [0.3, 0.4) is 0 Å². The summed E-state index contributed by atoms with van der Waals surface area (Å²) >= 11 is 0. The first-order chi connectivity index (χ1) is 9.27. The van der Waals surface area contributed by atoms with Crippen LogP contribution in [0.5, 0.6) is 0 Å². The van der Waals surface area contributed by atoms with Crippen molar-refractivity contribution in [1.82, 2.24) is 15.0 Å². The van der Waals surface area contributed by atoms with Crippen molar-refractivity contribution in [2.75, 3.05) is 40.1 Å². The molecule has 0 aliphatic rings. The van der Waals surface area contributed by atoms with Gasteiger partial charge in [0.2, 0.25) is 0 Å². The summed E-state index contributed by atoms with van der Waals surface area (Å²) in [6.45, 7) is 2.87. The molecule has 0 spiro atoms. The highest BCUT2D eigenvalue weighted by atomic mass is 16.5. The lowest BCUT2D eigenvalue weighted by atomic mass is 10.4. The van der Waals surface area contributed by atoms with E-state index >= 15 is 0 Å². The van der Waals surface area contributed by atoms with Crippen LogP contribution in [0.25, 0.3) is 0 Å². The maximum absolute atomic E-state index is 11.6. The van der Waals surface area contributed by atoms with E-state index in [9.17, 15) is 4.79 Å². The predicted molar refractivity (Wildman–Crippen MR) is 66.7 cm³/mol. The number of rotatable bonds is 10. The number of carbonyl (C=O) groups is 1. The molecule has 1 aromatic rings. The number of nitrogens with zero attached hydrogens (tertiary/aromatic N) is 3. The van der Waals surface area contributed by atoms with Crippen molar-refractivity contribution in [3.63, 3.8) is 0 Å². The zero-order chi connectivity index (χ0) is 13.9. The Hall–Kier alpha value is -1.51. The van der Waals surface area contributed by atoms with E-state index in [1.807, 2.05) is 0 Å². The predicted octanol–water partition coefficient (Wildman–Crippen LogP) is -0.553. The smallest absolute Gasteiger partial charge is 0.360 e. The molecule has 1 aromatic heterocycles. The number of hydrogen-bond donors (Lipinski definition) is 1. The number of aromatic nitrogens is 3. The lowest BCUT2D eigenvalue weighted by Crippen LogP contribution is -2.11. The van der Waals surface area contributed by atoms with Gasteiger partial charge in [-0.3, -0.25) is 4.68 Å². The third-order valence-electron chi connectivity index (χ3n) is 2.20. The zero-order valence-corrected chi connectivity index (χ0v) is 11.1. The number of ether oxygens (including phenoxy) is 3. The third kappa shape index (κ3) is 6.27. The van der Waals surface area contributed by atoms with Gasteiger partial charge in [0.1, 0.15) is 0 Å². The molecule has 0 aliphatic heterocycles. The molecule has 0 fully saturated rings. The fourth-order valence-corrected chi connectivity index (χ4v) is 1.28. The van der Waals surface area contributed by atoms with Gasteiger partial charge in [-0.05, 0) is 0 Å². The lowest BCUT2D eigenvalue weighted by molar-refractivity contribution is 0.0380. The number of methoxy groups -OCH3 is 1. The van der Waals surface area contributed by atoms with Gasteiger partial charge in [0.25, 0.3) is 0 Å². The molecule has 8 heteroatoms. The fourth-order valence-electron chi connectivity index (χ4n) is 1.28. The molecule has 0 aromatic carbocycles. The SMILES string of the molecule is COCCOCCCOC(=O)c1cn(CCN)nn1. The molecule has 0 saturated carbocycles. The third-order valence-corrected chi connectivity index (χ3v) is 2.20. The van der Waals surface area contributed by atoms with E-state index in [0.717, 1.165) is 0 Å². The van der Waals surface area contributed by atoms with Gasteiger partial charge in [-0.1, -0.05) is 5.21 Å². The highest BCUT2D eigenvalue weighted by Gasteiger charge is 2.11. The minimum atomic E-state index is -0.486. The second kappa shape index (κ2) is 9.42. The Labute approximate surface area is 111 Å². The van der Waals surface area contributed by atoms with E-state index in [2.05, 4.69) is 10.3 Å². The fraction of sp³-hybridized carbons (Fsp3) is 0.727. The summed E-state index contributed by atoms with van der Waals surface area (Å²) in [6.07, 6.45) is 2.15. The Balaban J connectivity index is 2.13. The first kappa shape index (κ1) is 15.5. The van der Waals surface area contributed by atoms with Gasteiger partial charge in [-0.2, -0.15) is 0 Å². The molecule has 0 bridgehead atoms. The van der Waals surface area contributed by atoms with E-state index in [1.54, 1.807) is 7.11 Å². The average molecular weight is 272 g/mol. The maximum atomic E-state index is 11.6. The first-order valence-corrected chi connectivity index (χ1v) is 6.12. The number of hydrogen-bond acceptors (Lipinski definition) is 7. The van der Waals surface area contributed by atoms with Gasteiger partial charge in [-0.15, -0.1) is 5.10 Å². The van der Waals surface area contributed by atoms with Gasteiger partial charge in [0, 0.05) is 26.7 Å². The van der Waals surface area contributed by atoms with Crippen LogP contribution in [0, 0.1) is 0 Å². The van der Waals surface area contributed by atoms with Crippen LogP contribution in [-0.4, -0.2) is 61.0 Å². The molecule has 1 rings (SSSR count). The van der Waals surface area contributed by atoms with Gasteiger partial charge < -0.3 is 19.9 Å². The molecule has 0 amide bonds. The van der Waals surface area contributed by atoms with Crippen molar-refractivity contribution in [1.29, 1.82) is 0 Å². The molecule has 0 atom stereocenters. The molecular weight excluding hydrogens is 252 g/mol. The largest absolute Gasteiger partial charge is 0.461 e. The van der Waals surface area contributed by atoms with Gasteiger partial charge in [0.15, 0.2) is 5.69 Å². The molecule has 108 valence electrons.